The van der Waals surface area contributed by atoms with Crippen LogP contribution in [-0.4, -0.2) is 37.1 Å². The van der Waals surface area contributed by atoms with Gasteiger partial charge >= 0.3 is 0 Å². The van der Waals surface area contributed by atoms with Crippen molar-refractivity contribution in [3.63, 3.8) is 0 Å². The van der Waals surface area contributed by atoms with E-state index in [1.807, 2.05) is 0 Å². The van der Waals surface area contributed by atoms with Crippen LogP contribution in [0.2, 0.25) is 5.02 Å². The first-order chi connectivity index (χ1) is 13.4. The Morgan fingerprint density at radius 1 is 1.29 bits per heavy atom. The van der Waals surface area contributed by atoms with Gasteiger partial charge in [0.15, 0.2) is 6.61 Å². The zero-order valence-corrected chi connectivity index (χ0v) is 15.9. The number of rotatable bonds is 9. The maximum Gasteiger partial charge on any atom is 0.257 e. The topological polar surface area (TPSA) is 89.6 Å². The van der Waals surface area contributed by atoms with Crippen LogP contribution in [0.15, 0.2) is 48.8 Å². The van der Waals surface area contributed by atoms with Crippen LogP contribution in [0.3, 0.4) is 0 Å². The molecule has 0 aliphatic rings. The fourth-order valence-electron chi connectivity index (χ4n) is 2.05. The molecule has 0 saturated carbocycles. The Kier molecular flexibility index (Phi) is 7.76. The Labute approximate surface area is 166 Å². The van der Waals surface area contributed by atoms with Crippen molar-refractivity contribution < 1.29 is 23.5 Å². The number of carbonyl (C=O) groups is 2. The Morgan fingerprint density at radius 2 is 2.07 bits per heavy atom. The zero-order valence-electron chi connectivity index (χ0n) is 15.1. The number of halogens is 2. The quantitative estimate of drug-likeness (QED) is 0.667. The summed E-state index contributed by atoms with van der Waals surface area (Å²) in [6.45, 7) is 3.72. The van der Waals surface area contributed by atoms with Crippen LogP contribution in [0.1, 0.15) is 16.8 Å². The number of carbonyl (C=O) groups excluding carboxylic acids is 2. The van der Waals surface area contributed by atoms with Gasteiger partial charge in [-0.2, -0.15) is 0 Å². The van der Waals surface area contributed by atoms with Crippen LogP contribution < -0.4 is 20.1 Å². The summed E-state index contributed by atoms with van der Waals surface area (Å²) in [5.74, 6) is -0.782. The molecule has 2 N–H and O–H groups in total. The molecule has 0 saturated heterocycles. The summed E-state index contributed by atoms with van der Waals surface area (Å²) >= 11 is 5.57. The van der Waals surface area contributed by atoms with E-state index in [4.69, 9.17) is 21.1 Å². The first kappa shape index (κ1) is 21.2. The zero-order chi connectivity index (χ0) is 20.5. The molecule has 1 aromatic carbocycles. The van der Waals surface area contributed by atoms with Crippen LogP contribution in [-0.2, 0) is 4.79 Å². The van der Waals surface area contributed by atoms with E-state index in [2.05, 4.69) is 22.2 Å². The van der Waals surface area contributed by atoms with E-state index in [9.17, 15) is 14.0 Å². The van der Waals surface area contributed by atoms with Crippen molar-refractivity contribution in [3.05, 3.63) is 65.2 Å². The largest absolute Gasteiger partial charge is 0.484 e. The lowest BCUT2D eigenvalue weighted by molar-refractivity contribution is -0.123. The number of benzene rings is 1. The number of hydrogen-bond donors (Lipinski definition) is 2. The van der Waals surface area contributed by atoms with Crippen molar-refractivity contribution >= 4 is 23.4 Å². The van der Waals surface area contributed by atoms with Gasteiger partial charge < -0.3 is 20.1 Å². The Balaban J connectivity index is 1.68. The van der Waals surface area contributed by atoms with Crippen molar-refractivity contribution in [2.45, 2.75) is 6.42 Å². The van der Waals surface area contributed by atoms with E-state index < -0.39 is 11.7 Å². The minimum Gasteiger partial charge on any atom is -0.484 e. The predicted octanol–water partition coefficient (Wildman–Crippen LogP) is 2.71. The van der Waals surface area contributed by atoms with Gasteiger partial charge in [0.05, 0.1) is 17.7 Å². The number of nitrogens with one attached hydrogen (secondary N) is 2. The molecule has 0 unspecified atom stereocenters. The predicted molar refractivity (Wildman–Crippen MR) is 102 cm³/mol. The van der Waals surface area contributed by atoms with Gasteiger partial charge in [0, 0.05) is 37.0 Å². The van der Waals surface area contributed by atoms with Gasteiger partial charge in [-0.05, 0) is 18.2 Å². The molecular weight excluding hydrogens is 389 g/mol. The molecule has 0 spiro atoms. The molecular formula is C19H19ClFN3O4. The monoisotopic (exact) mass is 407 g/mol. The summed E-state index contributed by atoms with van der Waals surface area (Å²) in [7, 11) is 1.48. The first-order valence-electron chi connectivity index (χ1n) is 8.22. The van der Waals surface area contributed by atoms with E-state index in [0.717, 1.165) is 6.07 Å². The molecule has 2 aromatic rings. The summed E-state index contributed by atoms with van der Waals surface area (Å²) in [6.07, 6.45) is 1.72. The molecule has 0 aliphatic carbocycles. The molecule has 0 aliphatic heterocycles. The normalized spacial score (nSPS) is 10.1. The molecule has 2 rings (SSSR count). The molecule has 0 atom stereocenters. The lowest BCUT2D eigenvalue weighted by atomic mass is 10.2. The van der Waals surface area contributed by atoms with Crippen LogP contribution in [0.25, 0.3) is 0 Å². The summed E-state index contributed by atoms with van der Waals surface area (Å²) in [5.41, 5.74) is 0.788. The third-order valence-electron chi connectivity index (χ3n) is 3.51. The number of ether oxygens (including phenoxy) is 2. The lowest BCUT2D eigenvalue weighted by Crippen LogP contribution is -2.31. The number of aromatic nitrogens is 1. The number of hydrogen-bond acceptors (Lipinski definition) is 5. The number of nitrogens with zero attached hydrogens (tertiary/aromatic N) is 1. The van der Waals surface area contributed by atoms with Crippen molar-refractivity contribution in [1.82, 2.24) is 15.6 Å². The number of methoxy groups -OCH3 is 1. The molecule has 0 bridgehead atoms. The fraction of sp³-hybridized carbons (Fsp3) is 0.211. The van der Waals surface area contributed by atoms with Gasteiger partial charge in [0.1, 0.15) is 11.6 Å². The summed E-state index contributed by atoms with van der Waals surface area (Å²) < 4.78 is 23.4. The molecule has 2 amide bonds. The Hall–Kier alpha value is -3.13. The highest BCUT2D eigenvalue weighted by atomic mass is 35.5. The highest BCUT2D eigenvalue weighted by Gasteiger charge is 2.09. The van der Waals surface area contributed by atoms with Gasteiger partial charge in [-0.3, -0.25) is 9.59 Å². The molecule has 0 radical (unpaired) electrons. The van der Waals surface area contributed by atoms with Crippen molar-refractivity contribution in [3.8, 4) is 11.6 Å². The van der Waals surface area contributed by atoms with E-state index in [-0.39, 0.29) is 29.8 Å². The van der Waals surface area contributed by atoms with Crippen LogP contribution in [0.5, 0.6) is 11.6 Å². The van der Waals surface area contributed by atoms with E-state index >= 15 is 0 Å². The molecule has 9 heteroatoms. The van der Waals surface area contributed by atoms with Gasteiger partial charge in [0.2, 0.25) is 5.88 Å². The lowest BCUT2D eigenvalue weighted by Gasteiger charge is -2.10. The highest BCUT2D eigenvalue weighted by Crippen LogP contribution is 2.20. The standard InChI is InChI=1S/C19H19ClFN3O4/c1-12(24-19(26)13-3-6-18(27-2)23-10-13)7-8-22-17(25)11-28-14-4-5-15(20)16(21)9-14/h3-6,9-10H,1,7-8,11H2,2H3,(H,22,25)(H,24,26). The van der Waals surface area contributed by atoms with Crippen molar-refractivity contribution in [2.75, 3.05) is 20.3 Å². The average molecular weight is 408 g/mol. The Morgan fingerprint density at radius 3 is 2.71 bits per heavy atom. The van der Waals surface area contributed by atoms with Gasteiger partial charge in [-0.1, -0.05) is 18.2 Å². The van der Waals surface area contributed by atoms with Gasteiger partial charge in [-0.15, -0.1) is 0 Å². The minimum atomic E-state index is -0.626. The fourth-order valence-corrected chi connectivity index (χ4v) is 2.17. The number of pyridine rings is 1. The minimum absolute atomic E-state index is 0.0252. The summed E-state index contributed by atoms with van der Waals surface area (Å²) in [4.78, 5) is 27.8. The van der Waals surface area contributed by atoms with Gasteiger partial charge in [0.25, 0.3) is 11.8 Å². The second-order valence-electron chi connectivity index (χ2n) is 5.61. The smallest absolute Gasteiger partial charge is 0.257 e. The summed E-state index contributed by atoms with van der Waals surface area (Å²) in [5, 5.41) is 5.21. The molecule has 28 heavy (non-hydrogen) atoms. The van der Waals surface area contributed by atoms with Crippen LogP contribution in [0.4, 0.5) is 4.39 Å². The molecule has 148 valence electrons. The average Bonchev–Trinajstić information content (AvgIpc) is 2.69. The Bertz CT molecular complexity index is 859. The molecule has 0 fully saturated rings. The maximum absolute atomic E-state index is 13.3. The second kappa shape index (κ2) is 10.3. The highest BCUT2D eigenvalue weighted by molar-refractivity contribution is 6.30. The van der Waals surface area contributed by atoms with Gasteiger partial charge in [-0.25, -0.2) is 9.37 Å². The number of amides is 2. The van der Waals surface area contributed by atoms with Crippen molar-refractivity contribution in [1.29, 1.82) is 0 Å². The first-order valence-corrected chi connectivity index (χ1v) is 8.60. The molecule has 1 aromatic heterocycles. The van der Waals surface area contributed by atoms with E-state index in [1.54, 1.807) is 12.1 Å². The second-order valence-corrected chi connectivity index (χ2v) is 6.02. The van der Waals surface area contributed by atoms with Crippen LogP contribution >= 0.6 is 11.6 Å². The van der Waals surface area contributed by atoms with Crippen LogP contribution in [0, 0.1) is 5.82 Å². The van der Waals surface area contributed by atoms with E-state index in [0.29, 0.717) is 23.6 Å². The molecule has 7 nitrogen and oxygen atoms in total. The van der Waals surface area contributed by atoms with E-state index in [1.165, 1.54) is 25.4 Å². The van der Waals surface area contributed by atoms with Crippen molar-refractivity contribution in [2.24, 2.45) is 0 Å². The SMILES string of the molecule is C=C(CCNC(=O)COc1ccc(Cl)c(F)c1)NC(=O)c1ccc(OC)nc1. The third-order valence-corrected chi connectivity index (χ3v) is 3.81. The maximum atomic E-state index is 13.3. The third kappa shape index (κ3) is 6.55. The summed E-state index contributed by atoms with van der Waals surface area (Å²) in [6, 6.07) is 7.05. The molecule has 1 heterocycles.